The fourth-order valence-corrected chi connectivity index (χ4v) is 1.91. The minimum Gasteiger partial charge on any atom is -0.494 e. The molecule has 0 atom stereocenters. The molecule has 0 aliphatic heterocycles. The molecule has 0 bridgehead atoms. The third kappa shape index (κ3) is 4.23. The minimum atomic E-state index is -0.790. The minimum absolute atomic E-state index is 0.365. The summed E-state index contributed by atoms with van der Waals surface area (Å²) in [6.45, 7) is 2.45. The van der Waals surface area contributed by atoms with Crippen LogP contribution in [0.4, 0.5) is 11.4 Å². The first-order valence-electron chi connectivity index (χ1n) is 6.70. The summed E-state index contributed by atoms with van der Waals surface area (Å²) in [6.07, 6.45) is 0. The number of nitrogens with one attached hydrogen (secondary N) is 2. The fourth-order valence-electron chi connectivity index (χ4n) is 1.73. The Morgan fingerprint density at radius 1 is 1.00 bits per heavy atom. The summed E-state index contributed by atoms with van der Waals surface area (Å²) in [7, 11) is 0. The van der Waals surface area contributed by atoms with E-state index in [0.717, 1.165) is 0 Å². The first kappa shape index (κ1) is 15.9. The topological polar surface area (TPSA) is 67.4 Å². The lowest BCUT2D eigenvalue weighted by atomic mass is 10.3. The molecule has 5 nitrogen and oxygen atoms in total. The molecule has 0 unspecified atom stereocenters. The average molecular weight is 319 g/mol. The van der Waals surface area contributed by atoms with Gasteiger partial charge in [-0.2, -0.15) is 0 Å². The van der Waals surface area contributed by atoms with Crippen LogP contribution in [0.3, 0.4) is 0 Å². The molecule has 0 saturated carbocycles. The van der Waals surface area contributed by atoms with Gasteiger partial charge in [0.1, 0.15) is 5.75 Å². The molecule has 0 aliphatic carbocycles. The maximum absolute atomic E-state index is 11.8. The van der Waals surface area contributed by atoms with Crippen LogP contribution in [0.2, 0.25) is 5.02 Å². The lowest BCUT2D eigenvalue weighted by Crippen LogP contribution is -2.29. The van der Waals surface area contributed by atoms with Crippen molar-refractivity contribution in [1.29, 1.82) is 0 Å². The second kappa shape index (κ2) is 7.47. The molecular weight excluding hydrogens is 304 g/mol. The summed E-state index contributed by atoms with van der Waals surface area (Å²) in [5.41, 5.74) is 0.888. The predicted octanol–water partition coefficient (Wildman–Crippen LogP) is 3.32. The Bertz CT molecular complexity index is 671. The zero-order chi connectivity index (χ0) is 15.9. The summed E-state index contributed by atoms with van der Waals surface area (Å²) in [4.78, 5) is 23.7. The van der Waals surface area contributed by atoms with Crippen LogP contribution in [-0.2, 0) is 9.59 Å². The van der Waals surface area contributed by atoms with E-state index in [1.54, 1.807) is 48.5 Å². The van der Waals surface area contributed by atoms with E-state index in [9.17, 15) is 9.59 Å². The van der Waals surface area contributed by atoms with Crippen molar-refractivity contribution in [2.45, 2.75) is 6.92 Å². The first-order valence-corrected chi connectivity index (χ1v) is 7.07. The van der Waals surface area contributed by atoms with E-state index in [2.05, 4.69) is 10.6 Å². The number of carbonyl (C=O) groups is 2. The van der Waals surface area contributed by atoms with Crippen LogP contribution in [0.5, 0.6) is 5.75 Å². The van der Waals surface area contributed by atoms with Crippen molar-refractivity contribution in [1.82, 2.24) is 0 Å². The molecule has 0 aliphatic rings. The van der Waals surface area contributed by atoms with Gasteiger partial charge in [-0.05, 0) is 43.3 Å². The van der Waals surface area contributed by atoms with E-state index >= 15 is 0 Å². The molecule has 0 fully saturated rings. The monoisotopic (exact) mass is 318 g/mol. The van der Waals surface area contributed by atoms with E-state index < -0.39 is 11.8 Å². The molecule has 2 rings (SSSR count). The highest BCUT2D eigenvalue weighted by Crippen LogP contribution is 2.20. The van der Waals surface area contributed by atoms with Crippen LogP contribution in [0.1, 0.15) is 6.92 Å². The molecule has 2 aromatic rings. The Balaban J connectivity index is 1.96. The smallest absolute Gasteiger partial charge is 0.314 e. The molecule has 22 heavy (non-hydrogen) atoms. The molecule has 6 heteroatoms. The Hall–Kier alpha value is -2.53. The molecule has 0 aromatic heterocycles. The zero-order valence-corrected chi connectivity index (χ0v) is 12.7. The summed E-state index contributed by atoms with van der Waals surface area (Å²) in [5, 5.41) is 5.32. The van der Waals surface area contributed by atoms with Gasteiger partial charge in [0.2, 0.25) is 0 Å². The first-order chi connectivity index (χ1) is 10.6. The predicted molar refractivity (Wildman–Crippen MR) is 86.3 cm³/mol. The summed E-state index contributed by atoms with van der Waals surface area (Å²) < 4.78 is 5.30. The van der Waals surface area contributed by atoms with Crippen LogP contribution < -0.4 is 15.4 Å². The van der Waals surface area contributed by atoms with Gasteiger partial charge >= 0.3 is 11.8 Å². The molecule has 2 amide bonds. The highest BCUT2D eigenvalue weighted by Gasteiger charge is 2.15. The summed E-state index contributed by atoms with van der Waals surface area (Å²) in [6, 6.07) is 13.4. The van der Waals surface area contributed by atoms with Crippen LogP contribution >= 0.6 is 11.6 Å². The fraction of sp³-hybridized carbons (Fsp3) is 0.125. The number of hydrogen-bond acceptors (Lipinski definition) is 3. The van der Waals surface area contributed by atoms with Gasteiger partial charge in [-0.25, -0.2) is 0 Å². The molecule has 0 saturated heterocycles. The Kier molecular flexibility index (Phi) is 5.38. The van der Waals surface area contributed by atoms with E-state index in [1.807, 2.05) is 6.92 Å². The Labute approximate surface area is 133 Å². The van der Waals surface area contributed by atoms with E-state index in [4.69, 9.17) is 16.3 Å². The molecular formula is C16H15ClN2O3. The van der Waals surface area contributed by atoms with E-state index in [-0.39, 0.29) is 0 Å². The van der Waals surface area contributed by atoms with Crippen molar-refractivity contribution in [3.63, 3.8) is 0 Å². The number of para-hydroxylation sites is 1. The Morgan fingerprint density at radius 3 is 2.27 bits per heavy atom. The maximum atomic E-state index is 11.8. The normalized spacial score (nSPS) is 9.91. The van der Waals surface area contributed by atoms with Crippen LogP contribution in [0.15, 0.2) is 48.5 Å². The second-order valence-corrected chi connectivity index (χ2v) is 4.75. The van der Waals surface area contributed by atoms with Crippen LogP contribution in [0.25, 0.3) is 0 Å². The van der Waals surface area contributed by atoms with Gasteiger partial charge in [-0.15, -0.1) is 0 Å². The number of rotatable bonds is 4. The molecule has 0 radical (unpaired) electrons. The third-order valence-electron chi connectivity index (χ3n) is 2.75. The number of halogens is 1. The molecule has 0 heterocycles. The molecule has 2 N–H and O–H groups in total. The van der Waals surface area contributed by atoms with Crippen molar-refractivity contribution in [2.75, 3.05) is 17.2 Å². The number of ether oxygens (including phenoxy) is 1. The third-order valence-corrected chi connectivity index (χ3v) is 3.08. The number of hydrogen-bond donors (Lipinski definition) is 2. The van der Waals surface area contributed by atoms with Gasteiger partial charge in [0.15, 0.2) is 0 Å². The quantitative estimate of drug-likeness (QED) is 0.850. The van der Waals surface area contributed by atoms with Crippen molar-refractivity contribution >= 4 is 34.8 Å². The number of benzene rings is 2. The second-order valence-electron chi connectivity index (χ2n) is 4.35. The number of amides is 2. The highest BCUT2D eigenvalue weighted by atomic mass is 35.5. The van der Waals surface area contributed by atoms with E-state index in [0.29, 0.717) is 28.8 Å². The number of carbonyl (C=O) groups excluding carboxylic acids is 2. The lowest BCUT2D eigenvalue weighted by molar-refractivity contribution is -0.132. The largest absolute Gasteiger partial charge is 0.494 e. The average Bonchev–Trinajstić information content (AvgIpc) is 2.51. The SMILES string of the molecule is CCOc1ccc(NC(=O)C(=O)Nc2ccccc2Cl)cc1. The van der Waals surface area contributed by atoms with Crippen molar-refractivity contribution in [3.05, 3.63) is 53.6 Å². The Morgan fingerprint density at radius 2 is 1.64 bits per heavy atom. The molecule has 2 aromatic carbocycles. The van der Waals surface area contributed by atoms with Crippen LogP contribution in [0, 0.1) is 0 Å². The van der Waals surface area contributed by atoms with Crippen LogP contribution in [-0.4, -0.2) is 18.4 Å². The van der Waals surface area contributed by atoms with Gasteiger partial charge in [-0.3, -0.25) is 9.59 Å². The summed E-state index contributed by atoms with van der Waals surface area (Å²) in [5.74, 6) is -0.868. The van der Waals surface area contributed by atoms with Gasteiger partial charge in [0, 0.05) is 5.69 Å². The highest BCUT2D eigenvalue weighted by molar-refractivity contribution is 6.44. The summed E-state index contributed by atoms with van der Waals surface area (Å²) >= 11 is 5.92. The molecule has 114 valence electrons. The van der Waals surface area contributed by atoms with Crippen molar-refractivity contribution in [2.24, 2.45) is 0 Å². The standard InChI is InChI=1S/C16H15ClN2O3/c1-2-22-12-9-7-11(8-10-12)18-15(20)16(21)19-14-6-4-3-5-13(14)17/h3-10H,2H2,1H3,(H,18,20)(H,19,21). The van der Waals surface area contributed by atoms with Gasteiger partial charge < -0.3 is 15.4 Å². The van der Waals surface area contributed by atoms with Gasteiger partial charge in [0.25, 0.3) is 0 Å². The van der Waals surface area contributed by atoms with Crippen molar-refractivity contribution < 1.29 is 14.3 Å². The lowest BCUT2D eigenvalue weighted by Gasteiger charge is -2.08. The van der Waals surface area contributed by atoms with Crippen molar-refractivity contribution in [3.8, 4) is 5.75 Å². The molecule has 0 spiro atoms. The maximum Gasteiger partial charge on any atom is 0.314 e. The van der Waals surface area contributed by atoms with Gasteiger partial charge in [-0.1, -0.05) is 23.7 Å². The number of anilines is 2. The van der Waals surface area contributed by atoms with Gasteiger partial charge in [0.05, 0.1) is 17.3 Å². The zero-order valence-electron chi connectivity index (χ0n) is 11.9. The van der Waals surface area contributed by atoms with E-state index in [1.165, 1.54) is 0 Å².